The zero-order chi connectivity index (χ0) is 19.4. The van der Waals surface area contributed by atoms with E-state index >= 15 is 0 Å². The van der Waals surface area contributed by atoms with Crippen molar-refractivity contribution in [1.82, 2.24) is 14.8 Å². The number of halogens is 3. The van der Waals surface area contributed by atoms with E-state index in [-0.39, 0.29) is 11.4 Å². The number of nitrogens with one attached hydrogen (secondary N) is 1. The number of anilines is 1. The van der Waals surface area contributed by atoms with Gasteiger partial charge in [0.25, 0.3) is 0 Å². The average molecular weight is 396 g/mol. The molecule has 6 nitrogen and oxygen atoms in total. The number of benzene rings is 1. The van der Waals surface area contributed by atoms with Crippen molar-refractivity contribution in [3.63, 3.8) is 0 Å². The number of alkyl halides is 3. The average Bonchev–Trinajstić information content (AvgIpc) is 3.28. The van der Waals surface area contributed by atoms with E-state index in [9.17, 15) is 18.0 Å². The molecule has 0 unspecified atom stereocenters. The fourth-order valence-corrected chi connectivity index (χ4v) is 3.23. The van der Waals surface area contributed by atoms with E-state index in [0.29, 0.717) is 23.3 Å². The van der Waals surface area contributed by atoms with Crippen LogP contribution >= 0.6 is 11.8 Å². The lowest BCUT2D eigenvalue weighted by molar-refractivity contribution is -0.137. The Hall–Kier alpha value is -2.75. The second-order valence-corrected chi connectivity index (χ2v) is 6.35. The Morgan fingerprint density at radius 1 is 1.22 bits per heavy atom. The second kappa shape index (κ2) is 7.87. The van der Waals surface area contributed by atoms with Crippen molar-refractivity contribution in [2.24, 2.45) is 0 Å². The minimum atomic E-state index is -4.54. The number of hydrogen-bond donors (Lipinski definition) is 1. The summed E-state index contributed by atoms with van der Waals surface area (Å²) in [6, 6.07) is 8.31. The first kappa shape index (κ1) is 19.0. The summed E-state index contributed by atoms with van der Waals surface area (Å²) in [5.74, 6) is 0.386. The van der Waals surface area contributed by atoms with E-state index in [1.165, 1.54) is 24.5 Å². The summed E-state index contributed by atoms with van der Waals surface area (Å²) in [6.07, 6.45) is -3.03. The highest BCUT2D eigenvalue weighted by Gasteiger charge is 2.33. The van der Waals surface area contributed by atoms with Crippen LogP contribution in [0, 0.1) is 0 Å². The fourth-order valence-electron chi connectivity index (χ4n) is 2.42. The van der Waals surface area contributed by atoms with Gasteiger partial charge in [-0.25, -0.2) is 0 Å². The normalized spacial score (nSPS) is 11.6. The van der Waals surface area contributed by atoms with E-state index in [0.717, 1.165) is 17.8 Å². The van der Waals surface area contributed by atoms with Gasteiger partial charge in [-0.05, 0) is 31.2 Å². The summed E-state index contributed by atoms with van der Waals surface area (Å²) in [4.78, 5) is 12.1. The predicted octanol–water partition coefficient (Wildman–Crippen LogP) is 4.31. The molecule has 0 saturated carbocycles. The molecule has 142 valence electrons. The number of hydrogen-bond acceptors (Lipinski definition) is 5. The SMILES string of the molecule is CCn1c(SCC(=O)Nc2ccccc2C(F)(F)F)nnc1-c1ccco1. The van der Waals surface area contributed by atoms with Crippen LogP contribution in [0.5, 0.6) is 0 Å². The molecule has 2 heterocycles. The minimum absolute atomic E-state index is 0.109. The van der Waals surface area contributed by atoms with Gasteiger partial charge in [-0.1, -0.05) is 23.9 Å². The third-order valence-corrected chi connectivity index (χ3v) is 4.58. The lowest BCUT2D eigenvalue weighted by atomic mass is 10.1. The number of furan rings is 1. The molecule has 1 amide bonds. The van der Waals surface area contributed by atoms with E-state index < -0.39 is 17.6 Å². The van der Waals surface area contributed by atoms with Crippen molar-refractivity contribution in [2.75, 3.05) is 11.1 Å². The van der Waals surface area contributed by atoms with Crippen LogP contribution in [0.15, 0.2) is 52.2 Å². The molecule has 27 heavy (non-hydrogen) atoms. The largest absolute Gasteiger partial charge is 0.461 e. The van der Waals surface area contributed by atoms with Crippen LogP contribution in [-0.4, -0.2) is 26.4 Å². The van der Waals surface area contributed by atoms with Gasteiger partial charge in [0.1, 0.15) is 0 Å². The third-order valence-electron chi connectivity index (χ3n) is 3.61. The Morgan fingerprint density at radius 3 is 2.67 bits per heavy atom. The molecular formula is C17H15F3N4O2S. The van der Waals surface area contributed by atoms with Crippen LogP contribution in [0.1, 0.15) is 12.5 Å². The van der Waals surface area contributed by atoms with Crippen LogP contribution in [0.2, 0.25) is 0 Å². The Labute approximate surface area is 156 Å². The lowest BCUT2D eigenvalue weighted by Gasteiger charge is -2.13. The van der Waals surface area contributed by atoms with Gasteiger partial charge in [0, 0.05) is 6.54 Å². The smallest absolute Gasteiger partial charge is 0.418 e. The molecule has 3 aromatic rings. The number of carbonyl (C=O) groups is 1. The molecule has 0 atom stereocenters. The van der Waals surface area contributed by atoms with E-state index in [1.807, 2.05) is 6.92 Å². The number of rotatable bonds is 6. The molecule has 10 heteroatoms. The fraction of sp³-hybridized carbons (Fsp3) is 0.235. The monoisotopic (exact) mass is 396 g/mol. The highest BCUT2D eigenvalue weighted by Crippen LogP contribution is 2.34. The summed E-state index contributed by atoms with van der Waals surface area (Å²) in [5.41, 5.74) is -1.16. The van der Waals surface area contributed by atoms with Crippen molar-refractivity contribution >= 4 is 23.4 Å². The summed E-state index contributed by atoms with van der Waals surface area (Å²) in [5, 5.41) is 10.9. The van der Waals surface area contributed by atoms with Crippen molar-refractivity contribution < 1.29 is 22.4 Å². The quantitative estimate of drug-likeness (QED) is 0.629. The standard InChI is InChI=1S/C17H15F3N4O2S/c1-2-24-15(13-8-5-9-26-13)22-23-16(24)27-10-14(25)21-12-7-4-3-6-11(12)17(18,19)20/h3-9H,2,10H2,1H3,(H,21,25). The van der Waals surface area contributed by atoms with E-state index in [4.69, 9.17) is 4.42 Å². The Balaban J connectivity index is 1.69. The van der Waals surface area contributed by atoms with Gasteiger partial charge in [0.15, 0.2) is 16.7 Å². The van der Waals surface area contributed by atoms with Crippen molar-refractivity contribution in [1.29, 1.82) is 0 Å². The Bertz CT molecular complexity index is 923. The molecule has 0 radical (unpaired) electrons. The van der Waals surface area contributed by atoms with Crippen LogP contribution in [0.4, 0.5) is 18.9 Å². The Kier molecular flexibility index (Phi) is 5.54. The van der Waals surface area contributed by atoms with Gasteiger partial charge in [-0.3, -0.25) is 9.36 Å². The zero-order valence-electron chi connectivity index (χ0n) is 14.2. The van der Waals surface area contributed by atoms with Crippen LogP contribution in [0.25, 0.3) is 11.6 Å². The van der Waals surface area contributed by atoms with Gasteiger partial charge < -0.3 is 9.73 Å². The van der Waals surface area contributed by atoms with E-state index in [1.54, 1.807) is 16.7 Å². The summed E-state index contributed by atoms with van der Waals surface area (Å²) in [7, 11) is 0. The highest BCUT2D eigenvalue weighted by atomic mass is 32.2. The molecule has 0 aliphatic heterocycles. The van der Waals surface area contributed by atoms with Gasteiger partial charge in [0.05, 0.1) is 23.3 Å². The minimum Gasteiger partial charge on any atom is -0.461 e. The Morgan fingerprint density at radius 2 is 2.00 bits per heavy atom. The van der Waals surface area contributed by atoms with Gasteiger partial charge in [0.2, 0.25) is 5.91 Å². The predicted molar refractivity (Wildman–Crippen MR) is 94.2 cm³/mol. The first-order valence-electron chi connectivity index (χ1n) is 7.96. The molecule has 0 bridgehead atoms. The molecular weight excluding hydrogens is 381 g/mol. The maximum absolute atomic E-state index is 13.0. The lowest BCUT2D eigenvalue weighted by Crippen LogP contribution is -2.18. The molecule has 2 aromatic heterocycles. The van der Waals surface area contributed by atoms with Gasteiger partial charge in [-0.2, -0.15) is 13.2 Å². The van der Waals surface area contributed by atoms with Crippen molar-refractivity contribution in [2.45, 2.75) is 24.8 Å². The maximum atomic E-state index is 13.0. The number of thioether (sulfide) groups is 1. The maximum Gasteiger partial charge on any atom is 0.418 e. The topological polar surface area (TPSA) is 73.0 Å². The number of nitrogens with zero attached hydrogens (tertiary/aromatic N) is 3. The van der Waals surface area contributed by atoms with Gasteiger partial charge >= 0.3 is 6.18 Å². The summed E-state index contributed by atoms with van der Waals surface area (Å²) >= 11 is 1.08. The number of amides is 1. The van der Waals surface area contributed by atoms with Gasteiger partial charge in [-0.15, -0.1) is 10.2 Å². The molecule has 1 aromatic carbocycles. The first-order chi connectivity index (χ1) is 12.9. The van der Waals surface area contributed by atoms with Crippen molar-refractivity contribution in [3.05, 3.63) is 48.2 Å². The molecule has 0 saturated heterocycles. The van der Waals surface area contributed by atoms with Crippen LogP contribution < -0.4 is 5.32 Å². The molecule has 0 spiro atoms. The first-order valence-corrected chi connectivity index (χ1v) is 8.94. The molecule has 1 N–H and O–H groups in total. The summed E-state index contributed by atoms with van der Waals surface area (Å²) in [6.45, 7) is 2.43. The molecule has 0 aliphatic rings. The molecule has 0 fully saturated rings. The number of carbonyl (C=O) groups excluding carboxylic acids is 1. The van der Waals surface area contributed by atoms with E-state index in [2.05, 4.69) is 15.5 Å². The van der Waals surface area contributed by atoms with Crippen LogP contribution in [-0.2, 0) is 17.5 Å². The number of para-hydroxylation sites is 1. The zero-order valence-corrected chi connectivity index (χ0v) is 15.0. The molecule has 3 rings (SSSR count). The van der Waals surface area contributed by atoms with Crippen molar-refractivity contribution in [3.8, 4) is 11.6 Å². The summed E-state index contributed by atoms with van der Waals surface area (Å²) < 4.78 is 46.1. The number of aromatic nitrogens is 3. The third kappa shape index (κ3) is 4.33. The highest BCUT2D eigenvalue weighted by molar-refractivity contribution is 7.99. The second-order valence-electron chi connectivity index (χ2n) is 5.41. The van der Waals surface area contributed by atoms with Crippen LogP contribution in [0.3, 0.4) is 0 Å². The molecule has 0 aliphatic carbocycles.